The van der Waals surface area contributed by atoms with Crippen LogP contribution in [0.25, 0.3) is 0 Å². The highest BCUT2D eigenvalue weighted by Gasteiger charge is 2.25. The van der Waals surface area contributed by atoms with Gasteiger partial charge in [0.25, 0.3) is 0 Å². The van der Waals surface area contributed by atoms with Gasteiger partial charge < -0.3 is 5.32 Å². The van der Waals surface area contributed by atoms with Gasteiger partial charge in [0.05, 0.1) is 0 Å². The Morgan fingerprint density at radius 3 is 2.61 bits per heavy atom. The third kappa shape index (κ3) is 3.82. The van der Waals surface area contributed by atoms with E-state index in [1.807, 2.05) is 0 Å². The molecule has 2 heteroatoms. The highest BCUT2D eigenvalue weighted by Crippen LogP contribution is 2.19. The van der Waals surface area contributed by atoms with E-state index in [4.69, 9.17) is 0 Å². The molecular formula is C16H26N2. The van der Waals surface area contributed by atoms with Crippen molar-refractivity contribution in [2.75, 3.05) is 13.1 Å². The van der Waals surface area contributed by atoms with E-state index in [9.17, 15) is 0 Å². The monoisotopic (exact) mass is 246 g/mol. The van der Waals surface area contributed by atoms with Gasteiger partial charge in [-0.15, -0.1) is 0 Å². The molecule has 18 heavy (non-hydrogen) atoms. The molecule has 0 aromatic heterocycles. The van der Waals surface area contributed by atoms with Crippen molar-refractivity contribution in [3.05, 3.63) is 35.9 Å². The van der Waals surface area contributed by atoms with Crippen molar-refractivity contribution in [2.24, 2.45) is 5.92 Å². The molecule has 100 valence electrons. The molecule has 0 amide bonds. The Kier molecular flexibility index (Phi) is 4.79. The van der Waals surface area contributed by atoms with Crippen LogP contribution in [0, 0.1) is 5.92 Å². The lowest BCUT2D eigenvalue weighted by molar-refractivity contribution is 0.137. The van der Waals surface area contributed by atoms with Crippen molar-refractivity contribution < 1.29 is 0 Å². The molecule has 1 aliphatic rings. The zero-order chi connectivity index (χ0) is 13.0. The summed E-state index contributed by atoms with van der Waals surface area (Å²) in [6.45, 7) is 10.4. The SMILES string of the molecule is CC(C)N[C@@H]1CCN(Cc2ccccc2)C[C@@H]1C. The molecule has 0 aliphatic carbocycles. The molecule has 1 heterocycles. The summed E-state index contributed by atoms with van der Waals surface area (Å²) >= 11 is 0. The van der Waals surface area contributed by atoms with Crippen molar-refractivity contribution in [1.82, 2.24) is 10.2 Å². The summed E-state index contributed by atoms with van der Waals surface area (Å²) in [7, 11) is 0. The van der Waals surface area contributed by atoms with E-state index >= 15 is 0 Å². The maximum atomic E-state index is 3.69. The van der Waals surface area contributed by atoms with E-state index in [-0.39, 0.29) is 0 Å². The van der Waals surface area contributed by atoms with E-state index in [1.54, 1.807) is 0 Å². The van der Waals surface area contributed by atoms with Gasteiger partial charge in [0.1, 0.15) is 0 Å². The van der Waals surface area contributed by atoms with Crippen LogP contribution in [-0.4, -0.2) is 30.1 Å². The Morgan fingerprint density at radius 1 is 1.28 bits per heavy atom. The number of hydrogen-bond donors (Lipinski definition) is 1. The maximum Gasteiger partial charge on any atom is 0.0233 e. The number of benzene rings is 1. The lowest BCUT2D eigenvalue weighted by atomic mass is 9.93. The Bertz CT molecular complexity index is 347. The number of nitrogens with zero attached hydrogens (tertiary/aromatic N) is 1. The molecule has 0 radical (unpaired) electrons. The van der Waals surface area contributed by atoms with Gasteiger partial charge in [-0.25, -0.2) is 0 Å². The molecule has 1 aromatic carbocycles. The average Bonchev–Trinajstić information content (AvgIpc) is 2.33. The molecule has 0 spiro atoms. The highest BCUT2D eigenvalue weighted by molar-refractivity contribution is 5.14. The van der Waals surface area contributed by atoms with Crippen molar-refractivity contribution >= 4 is 0 Å². The van der Waals surface area contributed by atoms with Gasteiger partial charge in [0.2, 0.25) is 0 Å². The first-order valence-electron chi connectivity index (χ1n) is 7.17. The first-order valence-corrected chi connectivity index (χ1v) is 7.17. The molecule has 1 aliphatic heterocycles. The van der Waals surface area contributed by atoms with Gasteiger partial charge in [-0.2, -0.15) is 0 Å². The van der Waals surface area contributed by atoms with Crippen molar-refractivity contribution in [3.8, 4) is 0 Å². The van der Waals surface area contributed by atoms with E-state index in [0.29, 0.717) is 12.1 Å². The van der Waals surface area contributed by atoms with Gasteiger partial charge in [-0.05, 0) is 24.4 Å². The summed E-state index contributed by atoms with van der Waals surface area (Å²) in [5.41, 5.74) is 1.43. The number of rotatable bonds is 4. The predicted octanol–water partition coefficient (Wildman–Crippen LogP) is 2.90. The first kappa shape index (κ1) is 13.6. The van der Waals surface area contributed by atoms with Gasteiger partial charge in [0.15, 0.2) is 0 Å². The largest absolute Gasteiger partial charge is 0.311 e. The fourth-order valence-corrected chi connectivity index (χ4v) is 2.89. The predicted molar refractivity (Wildman–Crippen MR) is 77.6 cm³/mol. The lowest BCUT2D eigenvalue weighted by Gasteiger charge is -2.38. The van der Waals surface area contributed by atoms with Crippen molar-refractivity contribution in [1.29, 1.82) is 0 Å². The average molecular weight is 246 g/mol. The van der Waals surface area contributed by atoms with Crippen LogP contribution < -0.4 is 5.32 Å². The van der Waals surface area contributed by atoms with Gasteiger partial charge in [0, 0.05) is 25.2 Å². The second-order valence-electron chi connectivity index (χ2n) is 5.91. The summed E-state index contributed by atoms with van der Waals surface area (Å²) in [4.78, 5) is 2.58. The van der Waals surface area contributed by atoms with Gasteiger partial charge in [-0.1, -0.05) is 51.1 Å². The minimum Gasteiger partial charge on any atom is -0.311 e. The van der Waals surface area contributed by atoms with Crippen LogP contribution in [0.2, 0.25) is 0 Å². The van der Waals surface area contributed by atoms with E-state index in [0.717, 1.165) is 12.5 Å². The normalized spacial score (nSPS) is 25.6. The van der Waals surface area contributed by atoms with Crippen LogP contribution in [-0.2, 0) is 6.54 Å². The second-order valence-corrected chi connectivity index (χ2v) is 5.91. The topological polar surface area (TPSA) is 15.3 Å². The molecule has 1 aromatic rings. The van der Waals surface area contributed by atoms with Crippen LogP contribution in [0.3, 0.4) is 0 Å². The Labute approximate surface area is 111 Å². The minimum absolute atomic E-state index is 0.595. The number of nitrogens with one attached hydrogen (secondary N) is 1. The molecule has 0 saturated carbocycles. The summed E-state index contributed by atoms with van der Waals surface area (Å²) in [5, 5.41) is 3.69. The zero-order valence-electron chi connectivity index (χ0n) is 11.9. The van der Waals surface area contributed by atoms with Gasteiger partial charge >= 0.3 is 0 Å². The van der Waals surface area contributed by atoms with E-state index < -0.39 is 0 Å². The Balaban J connectivity index is 1.85. The molecule has 1 N–H and O–H groups in total. The van der Waals surface area contributed by atoms with E-state index in [2.05, 4.69) is 61.3 Å². The lowest BCUT2D eigenvalue weighted by Crippen LogP contribution is -2.49. The Morgan fingerprint density at radius 2 is 2.00 bits per heavy atom. The number of piperidine rings is 1. The third-order valence-electron chi connectivity index (χ3n) is 3.79. The summed E-state index contributed by atoms with van der Waals surface area (Å²) in [5.74, 6) is 0.741. The standard InChI is InChI=1S/C16H26N2/c1-13(2)17-16-9-10-18(11-14(16)3)12-15-7-5-4-6-8-15/h4-8,13-14,16-17H,9-12H2,1-3H3/t14-,16+/m0/s1. The third-order valence-corrected chi connectivity index (χ3v) is 3.79. The molecule has 2 nitrogen and oxygen atoms in total. The smallest absolute Gasteiger partial charge is 0.0233 e. The summed E-state index contributed by atoms with van der Waals surface area (Å²) < 4.78 is 0. The fourth-order valence-electron chi connectivity index (χ4n) is 2.89. The van der Waals surface area contributed by atoms with Gasteiger partial charge in [-0.3, -0.25) is 4.90 Å². The minimum atomic E-state index is 0.595. The molecule has 1 saturated heterocycles. The van der Waals surface area contributed by atoms with E-state index in [1.165, 1.54) is 25.1 Å². The molecule has 2 rings (SSSR count). The zero-order valence-corrected chi connectivity index (χ0v) is 11.9. The second kappa shape index (κ2) is 6.35. The van der Waals surface area contributed by atoms with Crippen molar-refractivity contribution in [2.45, 2.75) is 45.8 Å². The van der Waals surface area contributed by atoms with Crippen LogP contribution in [0.5, 0.6) is 0 Å². The molecule has 0 bridgehead atoms. The summed E-state index contributed by atoms with van der Waals surface area (Å²) in [6, 6.07) is 12.1. The first-order chi connectivity index (χ1) is 8.65. The summed E-state index contributed by atoms with van der Waals surface area (Å²) in [6.07, 6.45) is 1.27. The van der Waals surface area contributed by atoms with Crippen LogP contribution in [0.4, 0.5) is 0 Å². The van der Waals surface area contributed by atoms with Crippen LogP contribution >= 0.6 is 0 Å². The van der Waals surface area contributed by atoms with Crippen LogP contribution in [0.1, 0.15) is 32.8 Å². The highest BCUT2D eigenvalue weighted by atomic mass is 15.1. The van der Waals surface area contributed by atoms with Crippen molar-refractivity contribution in [3.63, 3.8) is 0 Å². The quantitative estimate of drug-likeness (QED) is 0.879. The molecular weight excluding hydrogens is 220 g/mol. The fraction of sp³-hybridized carbons (Fsp3) is 0.625. The molecule has 1 fully saturated rings. The number of likely N-dealkylation sites (tertiary alicyclic amines) is 1. The molecule has 2 atom stereocenters. The maximum absolute atomic E-state index is 3.69. The molecule has 0 unspecified atom stereocenters. The Hall–Kier alpha value is -0.860. The number of hydrogen-bond acceptors (Lipinski definition) is 2. The van der Waals surface area contributed by atoms with Crippen LogP contribution in [0.15, 0.2) is 30.3 Å².